The minimum absolute atomic E-state index is 0.0413. The molecule has 0 saturated carbocycles. The second-order valence-corrected chi connectivity index (χ2v) is 9.00. The molecule has 1 aromatic carbocycles. The van der Waals surface area contributed by atoms with Crippen molar-refractivity contribution in [2.24, 2.45) is 7.05 Å². The molecular weight excluding hydrogens is 470 g/mol. The number of hydrogen-bond acceptors (Lipinski definition) is 7. The summed E-state index contributed by atoms with van der Waals surface area (Å²) in [6.07, 6.45) is 1.77. The summed E-state index contributed by atoms with van der Waals surface area (Å²) in [6.45, 7) is 6.73. The Balaban J connectivity index is 1.33. The van der Waals surface area contributed by atoms with E-state index < -0.39 is 0 Å². The molecule has 0 unspecified atom stereocenters. The summed E-state index contributed by atoms with van der Waals surface area (Å²) in [5.74, 6) is 2.12. The van der Waals surface area contributed by atoms with Gasteiger partial charge in [-0.2, -0.15) is 10.2 Å². The molecule has 1 amide bonds. The van der Waals surface area contributed by atoms with Crippen molar-refractivity contribution in [2.45, 2.75) is 13.8 Å². The molecule has 192 valence electrons. The highest BCUT2D eigenvalue weighted by molar-refractivity contribution is 5.94. The van der Waals surface area contributed by atoms with Crippen LogP contribution in [0.1, 0.15) is 21.9 Å². The van der Waals surface area contributed by atoms with Crippen LogP contribution in [0.5, 0.6) is 11.5 Å². The summed E-state index contributed by atoms with van der Waals surface area (Å²) >= 11 is 0. The second-order valence-electron chi connectivity index (χ2n) is 9.00. The number of pyridine rings is 1. The Hall–Kier alpha value is -4.34. The molecule has 4 heterocycles. The fraction of sp³-hybridized carbons (Fsp3) is 0.333. The monoisotopic (exact) mass is 501 g/mol. The number of hydrogen-bond donors (Lipinski definition) is 0. The van der Waals surface area contributed by atoms with E-state index >= 15 is 0 Å². The fourth-order valence-electron chi connectivity index (χ4n) is 4.90. The maximum atomic E-state index is 13.5. The lowest BCUT2D eigenvalue weighted by atomic mass is 10.1. The van der Waals surface area contributed by atoms with Crippen molar-refractivity contribution in [3.63, 3.8) is 0 Å². The quantitative estimate of drug-likeness (QED) is 0.401. The van der Waals surface area contributed by atoms with Gasteiger partial charge in [0.2, 0.25) is 0 Å². The van der Waals surface area contributed by atoms with Gasteiger partial charge in [-0.25, -0.2) is 9.67 Å². The van der Waals surface area contributed by atoms with Crippen LogP contribution in [0.25, 0.3) is 17.1 Å². The Morgan fingerprint density at radius 1 is 0.946 bits per heavy atom. The average molecular weight is 502 g/mol. The zero-order chi connectivity index (χ0) is 26.1. The molecule has 0 N–H and O–H groups in total. The van der Waals surface area contributed by atoms with Gasteiger partial charge in [0.05, 0.1) is 37.0 Å². The average Bonchev–Trinajstić information content (AvgIpc) is 3.46. The number of ether oxygens (including phenoxy) is 2. The molecule has 1 fully saturated rings. The number of methoxy groups -OCH3 is 2. The summed E-state index contributed by atoms with van der Waals surface area (Å²) in [5.41, 5.74) is 5.06. The highest BCUT2D eigenvalue weighted by atomic mass is 16.5. The van der Waals surface area contributed by atoms with Crippen LogP contribution in [0.4, 0.5) is 5.69 Å². The van der Waals surface area contributed by atoms with Gasteiger partial charge in [0.25, 0.3) is 5.91 Å². The Morgan fingerprint density at radius 3 is 2.41 bits per heavy atom. The number of aromatic nitrogens is 5. The first-order valence-electron chi connectivity index (χ1n) is 12.2. The van der Waals surface area contributed by atoms with Gasteiger partial charge in [-0.05, 0) is 50.2 Å². The third kappa shape index (κ3) is 4.50. The van der Waals surface area contributed by atoms with Gasteiger partial charge in [-0.1, -0.05) is 6.07 Å². The number of benzene rings is 1. The van der Waals surface area contributed by atoms with Crippen LogP contribution in [0.3, 0.4) is 0 Å². The van der Waals surface area contributed by atoms with Crippen molar-refractivity contribution >= 4 is 11.6 Å². The van der Waals surface area contributed by atoms with Crippen molar-refractivity contribution in [1.29, 1.82) is 0 Å². The van der Waals surface area contributed by atoms with Crippen LogP contribution in [0, 0.1) is 13.8 Å². The maximum Gasteiger partial charge on any atom is 0.272 e. The highest BCUT2D eigenvalue weighted by Gasteiger charge is 2.28. The van der Waals surface area contributed by atoms with Gasteiger partial charge in [0.15, 0.2) is 5.82 Å². The van der Waals surface area contributed by atoms with Gasteiger partial charge in [0, 0.05) is 45.0 Å². The van der Waals surface area contributed by atoms with E-state index in [4.69, 9.17) is 14.6 Å². The molecule has 37 heavy (non-hydrogen) atoms. The molecule has 0 spiro atoms. The number of piperazine rings is 1. The first-order chi connectivity index (χ1) is 17.9. The molecule has 3 aromatic heterocycles. The Bertz CT molecular complexity index is 1420. The van der Waals surface area contributed by atoms with Crippen LogP contribution >= 0.6 is 0 Å². The SMILES string of the molecule is COc1ccc(OC)c(-c2cc(C(=O)N3CCN(c4c(C)nn(-c5ccccn5)c4C)CC3)n(C)n2)c1. The highest BCUT2D eigenvalue weighted by Crippen LogP contribution is 2.33. The largest absolute Gasteiger partial charge is 0.497 e. The molecule has 10 heteroatoms. The van der Waals surface area contributed by atoms with Crippen molar-refractivity contribution in [1.82, 2.24) is 29.4 Å². The number of carbonyl (C=O) groups excluding carboxylic acids is 1. The molecule has 0 radical (unpaired) electrons. The van der Waals surface area contributed by atoms with Gasteiger partial charge in [-0.3, -0.25) is 9.48 Å². The molecular formula is C27H31N7O3. The van der Waals surface area contributed by atoms with Crippen molar-refractivity contribution in [3.8, 4) is 28.6 Å². The second kappa shape index (κ2) is 9.96. The standard InChI is InChI=1S/C27H31N7O3/c1-18-26(19(2)34(29-18)25-8-6-7-11-28-25)32-12-14-33(15-13-32)27(35)23-17-22(30-31(23)3)21-16-20(36-4)9-10-24(21)37-5/h6-11,16-17H,12-15H2,1-5H3. The number of aryl methyl sites for hydroxylation is 2. The molecule has 5 rings (SSSR count). The summed E-state index contributed by atoms with van der Waals surface area (Å²) < 4.78 is 14.4. The topological polar surface area (TPSA) is 90.5 Å². The summed E-state index contributed by atoms with van der Waals surface area (Å²) in [4.78, 5) is 22.1. The smallest absolute Gasteiger partial charge is 0.272 e. The van der Waals surface area contributed by atoms with Gasteiger partial charge < -0.3 is 19.3 Å². The van der Waals surface area contributed by atoms with Crippen molar-refractivity contribution in [2.75, 3.05) is 45.3 Å². The van der Waals surface area contributed by atoms with Crippen molar-refractivity contribution in [3.05, 3.63) is 65.7 Å². The predicted octanol–water partition coefficient (Wildman–Crippen LogP) is 3.26. The minimum Gasteiger partial charge on any atom is -0.497 e. The first kappa shape index (κ1) is 24.4. The molecule has 10 nitrogen and oxygen atoms in total. The molecule has 0 bridgehead atoms. The van der Waals surface area contributed by atoms with Gasteiger partial charge in [0.1, 0.15) is 17.2 Å². The van der Waals surface area contributed by atoms with Crippen LogP contribution in [0.15, 0.2) is 48.7 Å². The number of anilines is 1. The lowest BCUT2D eigenvalue weighted by Crippen LogP contribution is -2.49. The summed E-state index contributed by atoms with van der Waals surface area (Å²) in [7, 11) is 5.02. The van der Waals surface area contributed by atoms with E-state index in [0.717, 1.165) is 41.5 Å². The third-order valence-electron chi connectivity index (χ3n) is 6.78. The fourth-order valence-corrected chi connectivity index (χ4v) is 4.90. The first-order valence-corrected chi connectivity index (χ1v) is 12.2. The zero-order valence-corrected chi connectivity index (χ0v) is 21.8. The van der Waals surface area contributed by atoms with Crippen LogP contribution in [-0.2, 0) is 7.05 Å². The van der Waals surface area contributed by atoms with E-state index in [9.17, 15) is 4.79 Å². The molecule has 1 saturated heterocycles. The van der Waals surface area contributed by atoms with E-state index in [2.05, 4.69) is 21.9 Å². The Labute approximate surface area is 216 Å². The molecule has 1 aliphatic heterocycles. The number of rotatable bonds is 6. The van der Waals surface area contributed by atoms with E-state index in [0.29, 0.717) is 36.0 Å². The lowest BCUT2D eigenvalue weighted by molar-refractivity contribution is 0.0735. The van der Waals surface area contributed by atoms with E-state index in [1.54, 1.807) is 32.1 Å². The van der Waals surface area contributed by atoms with E-state index in [-0.39, 0.29) is 5.91 Å². The summed E-state index contributed by atoms with van der Waals surface area (Å²) in [6, 6.07) is 13.1. The zero-order valence-electron chi connectivity index (χ0n) is 21.8. The van der Waals surface area contributed by atoms with Crippen LogP contribution < -0.4 is 14.4 Å². The number of nitrogens with zero attached hydrogens (tertiary/aromatic N) is 7. The summed E-state index contributed by atoms with van der Waals surface area (Å²) in [5, 5.41) is 9.33. The Morgan fingerprint density at radius 2 is 1.73 bits per heavy atom. The maximum absolute atomic E-state index is 13.5. The normalized spacial score (nSPS) is 13.6. The molecule has 0 aliphatic carbocycles. The van der Waals surface area contributed by atoms with E-state index in [1.807, 2.05) is 59.0 Å². The van der Waals surface area contributed by atoms with Gasteiger partial charge >= 0.3 is 0 Å². The van der Waals surface area contributed by atoms with E-state index in [1.165, 1.54) is 0 Å². The number of carbonyl (C=O) groups is 1. The minimum atomic E-state index is -0.0413. The van der Waals surface area contributed by atoms with Crippen LogP contribution in [-0.4, -0.2) is 75.8 Å². The van der Waals surface area contributed by atoms with Gasteiger partial charge in [-0.15, -0.1) is 0 Å². The van der Waals surface area contributed by atoms with Crippen LogP contribution in [0.2, 0.25) is 0 Å². The molecule has 4 aromatic rings. The number of amides is 1. The van der Waals surface area contributed by atoms with Crippen molar-refractivity contribution < 1.29 is 14.3 Å². The predicted molar refractivity (Wildman–Crippen MR) is 141 cm³/mol. The molecule has 0 atom stereocenters. The third-order valence-corrected chi connectivity index (χ3v) is 6.78. The molecule has 1 aliphatic rings. The lowest BCUT2D eigenvalue weighted by Gasteiger charge is -2.36. The Kier molecular flexibility index (Phi) is 6.56.